The van der Waals surface area contributed by atoms with Gasteiger partial charge in [0.05, 0.1) is 19.2 Å². The third kappa shape index (κ3) is 5.20. The van der Waals surface area contributed by atoms with E-state index < -0.39 is 12.7 Å². The molecule has 1 aromatic rings. The van der Waals surface area contributed by atoms with Crippen LogP contribution >= 0.6 is 0 Å². The highest BCUT2D eigenvalue weighted by Crippen LogP contribution is 2.26. The Morgan fingerprint density at radius 3 is 2.62 bits per heavy atom. The first-order chi connectivity index (χ1) is 12.4. The number of aliphatic hydroxyl groups excluding tert-OH is 1. The Labute approximate surface area is 151 Å². The number of hydrogen-bond donors (Lipinski definition) is 2. The molecule has 2 N–H and O–H groups in total. The molecule has 146 valence electrons. The molecule has 2 saturated heterocycles. The number of alkyl halides is 3. The Balaban J connectivity index is 1.48. The second-order valence-electron chi connectivity index (χ2n) is 7.15. The van der Waals surface area contributed by atoms with E-state index >= 15 is 0 Å². The molecule has 3 heterocycles. The smallest absolute Gasteiger partial charge is 0.394 e. The molecule has 1 atom stereocenters. The molecule has 3 rings (SSSR count). The van der Waals surface area contributed by atoms with Crippen LogP contribution in [0.2, 0.25) is 0 Å². The zero-order valence-electron chi connectivity index (χ0n) is 14.8. The highest BCUT2D eigenvalue weighted by atomic mass is 19.4. The summed E-state index contributed by atoms with van der Waals surface area (Å²) in [5.74, 6) is 1.87. The van der Waals surface area contributed by atoms with Gasteiger partial charge in [-0.1, -0.05) is 0 Å². The van der Waals surface area contributed by atoms with Gasteiger partial charge in [0.2, 0.25) is 0 Å². The number of aromatic nitrogens is 2. The highest BCUT2D eigenvalue weighted by molar-refractivity contribution is 5.49. The van der Waals surface area contributed by atoms with Gasteiger partial charge in [-0.2, -0.15) is 13.2 Å². The summed E-state index contributed by atoms with van der Waals surface area (Å²) in [5, 5.41) is 12.8. The standard InChI is InChI=1S/C17H26F3N5O/c18-17(19,20)11-24-6-3-13(4-7-24)9-21-15-8-16(23-12-22-15)25-5-1-2-14(25)10-26/h8,12-14,26H,1-7,9-11H2,(H,21,22,23). The molecular weight excluding hydrogens is 347 g/mol. The van der Waals surface area contributed by atoms with Crippen molar-refractivity contribution in [2.24, 2.45) is 5.92 Å². The van der Waals surface area contributed by atoms with Crippen LogP contribution in [-0.2, 0) is 0 Å². The normalized spacial score (nSPS) is 22.8. The zero-order valence-corrected chi connectivity index (χ0v) is 14.8. The lowest BCUT2D eigenvalue weighted by Gasteiger charge is -2.32. The fourth-order valence-electron chi connectivity index (χ4n) is 3.78. The van der Waals surface area contributed by atoms with Gasteiger partial charge in [0.15, 0.2) is 0 Å². The van der Waals surface area contributed by atoms with Crippen molar-refractivity contribution >= 4 is 11.6 Å². The molecule has 0 bridgehead atoms. The predicted molar refractivity (Wildman–Crippen MR) is 93.2 cm³/mol. The van der Waals surface area contributed by atoms with Crippen molar-refractivity contribution in [2.45, 2.75) is 37.9 Å². The summed E-state index contributed by atoms with van der Waals surface area (Å²) in [6.45, 7) is 1.83. The van der Waals surface area contributed by atoms with Crippen LogP contribution in [0, 0.1) is 5.92 Å². The first-order valence-electron chi connectivity index (χ1n) is 9.17. The predicted octanol–water partition coefficient (Wildman–Crippen LogP) is 2.12. The van der Waals surface area contributed by atoms with Crippen molar-refractivity contribution in [2.75, 3.05) is 49.5 Å². The van der Waals surface area contributed by atoms with Crippen LogP contribution < -0.4 is 10.2 Å². The van der Waals surface area contributed by atoms with Gasteiger partial charge in [0, 0.05) is 19.2 Å². The second kappa shape index (κ2) is 8.39. The Kier molecular flexibility index (Phi) is 6.18. The summed E-state index contributed by atoms with van der Waals surface area (Å²) in [7, 11) is 0. The molecular formula is C17H26F3N5O. The Morgan fingerprint density at radius 2 is 1.92 bits per heavy atom. The average molecular weight is 373 g/mol. The van der Waals surface area contributed by atoms with E-state index in [-0.39, 0.29) is 12.6 Å². The minimum atomic E-state index is -4.12. The van der Waals surface area contributed by atoms with Crippen molar-refractivity contribution < 1.29 is 18.3 Å². The topological polar surface area (TPSA) is 64.5 Å². The van der Waals surface area contributed by atoms with Crippen molar-refractivity contribution in [3.8, 4) is 0 Å². The minimum absolute atomic E-state index is 0.107. The molecule has 2 aliphatic heterocycles. The number of likely N-dealkylation sites (tertiary alicyclic amines) is 1. The Morgan fingerprint density at radius 1 is 1.15 bits per heavy atom. The number of halogens is 3. The van der Waals surface area contributed by atoms with Crippen LogP contribution in [0.3, 0.4) is 0 Å². The summed E-state index contributed by atoms with van der Waals surface area (Å²) in [6.07, 6.45) is 0.883. The third-order valence-electron chi connectivity index (χ3n) is 5.22. The first-order valence-corrected chi connectivity index (χ1v) is 9.17. The summed E-state index contributed by atoms with van der Waals surface area (Å²) in [4.78, 5) is 12.1. The monoisotopic (exact) mass is 373 g/mol. The van der Waals surface area contributed by atoms with Gasteiger partial charge in [0.1, 0.15) is 18.0 Å². The molecule has 6 nitrogen and oxygen atoms in total. The van der Waals surface area contributed by atoms with Gasteiger partial charge in [-0.3, -0.25) is 4.90 Å². The van der Waals surface area contributed by atoms with Gasteiger partial charge >= 0.3 is 6.18 Å². The summed E-state index contributed by atoms with van der Waals surface area (Å²) in [6, 6.07) is 1.99. The number of rotatable bonds is 6. The van der Waals surface area contributed by atoms with Crippen molar-refractivity contribution in [3.63, 3.8) is 0 Å². The first kappa shape index (κ1) is 19.2. The van der Waals surface area contributed by atoms with E-state index in [1.54, 1.807) is 0 Å². The largest absolute Gasteiger partial charge is 0.401 e. The minimum Gasteiger partial charge on any atom is -0.394 e. The summed E-state index contributed by atoms with van der Waals surface area (Å²) >= 11 is 0. The van der Waals surface area contributed by atoms with E-state index in [9.17, 15) is 18.3 Å². The molecule has 0 amide bonds. The number of piperidine rings is 1. The molecule has 2 aliphatic rings. The van der Waals surface area contributed by atoms with E-state index in [1.807, 2.05) is 6.07 Å². The number of nitrogens with zero attached hydrogens (tertiary/aromatic N) is 4. The highest BCUT2D eigenvalue weighted by Gasteiger charge is 2.32. The molecule has 9 heteroatoms. The maximum Gasteiger partial charge on any atom is 0.401 e. The third-order valence-corrected chi connectivity index (χ3v) is 5.22. The van der Waals surface area contributed by atoms with Crippen LogP contribution in [0.5, 0.6) is 0 Å². The van der Waals surface area contributed by atoms with E-state index in [1.165, 1.54) is 11.2 Å². The number of hydrogen-bond acceptors (Lipinski definition) is 6. The summed E-state index contributed by atoms with van der Waals surface area (Å²) in [5.41, 5.74) is 0. The average Bonchev–Trinajstić information content (AvgIpc) is 3.09. The molecule has 0 aliphatic carbocycles. The lowest BCUT2D eigenvalue weighted by atomic mass is 9.97. The lowest BCUT2D eigenvalue weighted by Crippen LogP contribution is -2.41. The summed E-state index contributed by atoms with van der Waals surface area (Å²) < 4.78 is 37.3. The molecule has 1 aromatic heterocycles. The molecule has 0 spiro atoms. The SMILES string of the molecule is OCC1CCCN1c1cc(NCC2CCN(CC(F)(F)F)CC2)ncn1. The van der Waals surface area contributed by atoms with Crippen LogP contribution in [0.15, 0.2) is 12.4 Å². The van der Waals surface area contributed by atoms with E-state index in [4.69, 9.17) is 0 Å². The quantitative estimate of drug-likeness (QED) is 0.797. The van der Waals surface area contributed by atoms with Gasteiger partial charge in [-0.05, 0) is 44.7 Å². The Hall–Kier alpha value is -1.61. The maximum atomic E-state index is 12.4. The van der Waals surface area contributed by atoms with Gasteiger partial charge < -0.3 is 15.3 Å². The van der Waals surface area contributed by atoms with E-state index in [0.717, 1.165) is 43.9 Å². The van der Waals surface area contributed by atoms with Gasteiger partial charge in [-0.25, -0.2) is 9.97 Å². The molecule has 1 unspecified atom stereocenters. The molecule has 26 heavy (non-hydrogen) atoms. The van der Waals surface area contributed by atoms with Crippen LogP contribution in [0.25, 0.3) is 0 Å². The van der Waals surface area contributed by atoms with Gasteiger partial charge in [0.25, 0.3) is 0 Å². The van der Waals surface area contributed by atoms with E-state index in [0.29, 0.717) is 25.6 Å². The van der Waals surface area contributed by atoms with Crippen molar-refractivity contribution in [3.05, 3.63) is 12.4 Å². The fourth-order valence-corrected chi connectivity index (χ4v) is 3.78. The number of aliphatic hydroxyl groups is 1. The van der Waals surface area contributed by atoms with Crippen LogP contribution in [0.1, 0.15) is 25.7 Å². The fraction of sp³-hybridized carbons (Fsp3) is 0.765. The van der Waals surface area contributed by atoms with E-state index in [2.05, 4.69) is 20.2 Å². The molecule has 0 saturated carbocycles. The van der Waals surface area contributed by atoms with Crippen LogP contribution in [0.4, 0.5) is 24.8 Å². The lowest BCUT2D eigenvalue weighted by molar-refractivity contribution is -0.148. The van der Waals surface area contributed by atoms with Crippen LogP contribution in [-0.4, -0.2) is 71.5 Å². The van der Waals surface area contributed by atoms with Gasteiger partial charge in [-0.15, -0.1) is 0 Å². The molecule has 2 fully saturated rings. The maximum absolute atomic E-state index is 12.4. The van der Waals surface area contributed by atoms with Crippen molar-refractivity contribution in [1.29, 1.82) is 0 Å². The molecule has 0 aromatic carbocycles. The second-order valence-corrected chi connectivity index (χ2v) is 7.15. The Bertz CT molecular complexity index is 578. The van der Waals surface area contributed by atoms with Crippen molar-refractivity contribution in [1.82, 2.24) is 14.9 Å². The number of nitrogens with one attached hydrogen (secondary N) is 1. The zero-order chi connectivity index (χ0) is 18.6. The number of anilines is 2. The molecule has 0 radical (unpaired) electrons.